The number of likely N-dealkylation sites (tertiary alicyclic amines) is 1. The van der Waals surface area contributed by atoms with Crippen LogP contribution in [0.1, 0.15) is 22.7 Å². The van der Waals surface area contributed by atoms with Gasteiger partial charge in [0.1, 0.15) is 11.5 Å². The maximum atomic E-state index is 12.9. The number of benzene rings is 2. The Balaban J connectivity index is 2.08. The summed E-state index contributed by atoms with van der Waals surface area (Å²) in [5.74, 6) is -1.10. The predicted octanol–water partition coefficient (Wildman–Crippen LogP) is 2.43. The number of methoxy groups -OCH3 is 1. The summed E-state index contributed by atoms with van der Waals surface area (Å²) in [6.45, 7) is 2.21. The largest absolute Gasteiger partial charge is 0.507 e. The van der Waals surface area contributed by atoms with Crippen molar-refractivity contribution in [1.82, 2.24) is 4.90 Å². The molecule has 0 aliphatic carbocycles. The minimum Gasteiger partial charge on any atom is -0.507 e. The van der Waals surface area contributed by atoms with Crippen LogP contribution in [-0.4, -0.2) is 60.3 Å². The van der Waals surface area contributed by atoms with E-state index in [1.165, 1.54) is 12.0 Å². The Labute approximate surface area is 175 Å². The van der Waals surface area contributed by atoms with Crippen molar-refractivity contribution < 1.29 is 29.3 Å². The van der Waals surface area contributed by atoms with Gasteiger partial charge >= 0.3 is 0 Å². The van der Waals surface area contributed by atoms with Crippen LogP contribution in [0.5, 0.6) is 5.75 Å². The third kappa shape index (κ3) is 4.37. The van der Waals surface area contributed by atoms with Crippen LogP contribution in [0.3, 0.4) is 0 Å². The zero-order chi connectivity index (χ0) is 21.7. The lowest BCUT2D eigenvalue weighted by atomic mass is 9.95. The van der Waals surface area contributed by atoms with Crippen molar-refractivity contribution in [2.45, 2.75) is 13.0 Å². The van der Waals surface area contributed by atoms with Gasteiger partial charge in [0, 0.05) is 12.1 Å². The number of amides is 1. The molecule has 1 unspecified atom stereocenters. The maximum Gasteiger partial charge on any atom is 0.295 e. The highest BCUT2D eigenvalue weighted by Crippen LogP contribution is 2.40. The van der Waals surface area contributed by atoms with Crippen molar-refractivity contribution in [3.8, 4) is 5.75 Å². The van der Waals surface area contributed by atoms with Crippen LogP contribution >= 0.6 is 0 Å². The highest BCUT2D eigenvalue weighted by molar-refractivity contribution is 6.46. The molecule has 1 saturated heterocycles. The van der Waals surface area contributed by atoms with Crippen LogP contribution in [0.25, 0.3) is 5.76 Å². The third-order valence-corrected chi connectivity index (χ3v) is 4.99. The lowest BCUT2D eigenvalue weighted by Gasteiger charge is -2.25. The van der Waals surface area contributed by atoms with Gasteiger partial charge < -0.3 is 24.6 Å². The zero-order valence-electron chi connectivity index (χ0n) is 17.0. The molecule has 1 fully saturated rings. The number of Topliss-reactive ketones (excluding diaryl/α,β-unsaturated/α-hetero) is 1. The van der Waals surface area contributed by atoms with E-state index in [-0.39, 0.29) is 37.7 Å². The molecular weight excluding hydrogens is 386 g/mol. The Morgan fingerprint density at radius 2 is 1.83 bits per heavy atom. The SMILES string of the molecule is COc1cccc(C2/C(=C(\O)c3ccc(C)cc3)C(=O)C(=O)N2CCOCCO)c1. The monoisotopic (exact) mass is 411 g/mol. The van der Waals surface area contributed by atoms with Crippen LogP contribution in [0, 0.1) is 6.92 Å². The van der Waals surface area contributed by atoms with Gasteiger partial charge in [0.25, 0.3) is 11.7 Å². The first-order valence-corrected chi connectivity index (χ1v) is 9.66. The molecule has 0 spiro atoms. The van der Waals surface area contributed by atoms with Gasteiger partial charge in [0.15, 0.2) is 0 Å². The van der Waals surface area contributed by atoms with Crippen LogP contribution in [0.15, 0.2) is 54.1 Å². The fourth-order valence-corrected chi connectivity index (χ4v) is 3.47. The van der Waals surface area contributed by atoms with Gasteiger partial charge in [-0.05, 0) is 24.6 Å². The van der Waals surface area contributed by atoms with Gasteiger partial charge in [-0.3, -0.25) is 9.59 Å². The minimum atomic E-state index is -0.779. The molecule has 0 radical (unpaired) electrons. The number of nitrogens with zero attached hydrogens (tertiary/aromatic N) is 1. The first kappa shape index (κ1) is 21.5. The van der Waals surface area contributed by atoms with Gasteiger partial charge in [0.05, 0.1) is 38.5 Å². The smallest absolute Gasteiger partial charge is 0.295 e. The molecule has 1 amide bonds. The number of aryl methyl sites for hydroxylation is 1. The van der Waals surface area contributed by atoms with E-state index in [0.29, 0.717) is 16.9 Å². The number of carbonyl (C=O) groups excluding carboxylic acids is 2. The van der Waals surface area contributed by atoms with E-state index in [0.717, 1.165) is 5.56 Å². The average molecular weight is 411 g/mol. The van der Waals surface area contributed by atoms with Crippen molar-refractivity contribution in [3.63, 3.8) is 0 Å². The Morgan fingerprint density at radius 1 is 1.10 bits per heavy atom. The number of ether oxygens (including phenoxy) is 2. The van der Waals surface area contributed by atoms with Crippen LogP contribution in [0.4, 0.5) is 0 Å². The molecule has 2 N–H and O–H groups in total. The molecule has 30 heavy (non-hydrogen) atoms. The highest BCUT2D eigenvalue weighted by atomic mass is 16.5. The first-order valence-electron chi connectivity index (χ1n) is 9.66. The van der Waals surface area contributed by atoms with Crippen LogP contribution < -0.4 is 4.74 Å². The zero-order valence-corrected chi connectivity index (χ0v) is 17.0. The van der Waals surface area contributed by atoms with Gasteiger partial charge in [-0.2, -0.15) is 0 Å². The summed E-state index contributed by atoms with van der Waals surface area (Å²) in [6, 6.07) is 13.4. The summed E-state index contributed by atoms with van der Waals surface area (Å²) in [7, 11) is 1.53. The average Bonchev–Trinajstić information content (AvgIpc) is 3.01. The number of aliphatic hydroxyl groups is 2. The Hall–Kier alpha value is -3.16. The molecule has 1 atom stereocenters. The lowest BCUT2D eigenvalue weighted by molar-refractivity contribution is -0.140. The molecular formula is C23H25NO6. The Kier molecular flexibility index (Phi) is 6.87. The molecule has 2 aromatic carbocycles. The number of carbonyl (C=O) groups is 2. The quantitative estimate of drug-likeness (QED) is 0.300. The van der Waals surface area contributed by atoms with Gasteiger partial charge in [-0.15, -0.1) is 0 Å². The number of aliphatic hydroxyl groups excluding tert-OH is 2. The molecule has 158 valence electrons. The van der Waals surface area contributed by atoms with Crippen LogP contribution in [-0.2, 0) is 14.3 Å². The van der Waals surface area contributed by atoms with E-state index in [9.17, 15) is 14.7 Å². The molecule has 1 heterocycles. The fraction of sp³-hybridized carbons (Fsp3) is 0.304. The number of hydrogen-bond donors (Lipinski definition) is 2. The molecule has 1 aliphatic heterocycles. The summed E-state index contributed by atoms with van der Waals surface area (Å²) in [5.41, 5.74) is 2.14. The number of rotatable bonds is 8. The van der Waals surface area contributed by atoms with Gasteiger partial charge in [0.2, 0.25) is 0 Å². The molecule has 1 aliphatic rings. The topological polar surface area (TPSA) is 96.3 Å². The van der Waals surface area contributed by atoms with E-state index >= 15 is 0 Å². The number of hydrogen-bond acceptors (Lipinski definition) is 6. The normalized spacial score (nSPS) is 18.1. The molecule has 7 heteroatoms. The van der Waals surface area contributed by atoms with E-state index in [1.807, 2.05) is 19.1 Å². The summed E-state index contributed by atoms with van der Waals surface area (Å²) in [4.78, 5) is 27.1. The second-order valence-corrected chi connectivity index (χ2v) is 6.97. The molecule has 3 rings (SSSR count). The van der Waals surface area contributed by atoms with Crippen molar-refractivity contribution in [3.05, 3.63) is 70.8 Å². The van der Waals surface area contributed by atoms with E-state index < -0.39 is 17.7 Å². The highest BCUT2D eigenvalue weighted by Gasteiger charge is 2.46. The summed E-state index contributed by atoms with van der Waals surface area (Å²) in [5, 5.41) is 19.9. The minimum absolute atomic E-state index is 0.0271. The number of ketones is 1. The first-order chi connectivity index (χ1) is 14.5. The predicted molar refractivity (Wildman–Crippen MR) is 111 cm³/mol. The molecule has 0 saturated carbocycles. The maximum absolute atomic E-state index is 12.9. The van der Waals surface area contributed by atoms with Crippen molar-refractivity contribution in [2.24, 2.45) is 0 Å². The van der Waals surface area contributed by atoms with E-state index in [4.69, 9.17) is 14.6 Å². The summed E-state index contributed by atoms with van der Waals surface area (Å²) < 4.78 is 10.6. The fourth-order valence-electron chi connectivity index (χ4n) is 3.47. The second-order valence-electron chi connectivity index (χ2n) is 6.97. The van der Waals surface area contributed by atoms with E-state index in [1.54, 1.807) is 36.4 Å². The molecule has 7 nitrogen and oxygen atoms in total. The summed E-state index contributed by atoms with van der Waals surface area (Å²) >= 11 is 0. The van der Waals surface area contributed by atoms with E-state index in [2.05, 4.69) is 0 Å². The van der Waals surface area contributed by atoms with Gasteiger partial charge in [-0.25, -0.2) is 0 Å². The van der Waals surface area contributed by atoms with Crippen LogP contribution in [0.2, 0.25) is 0 Å². The standard InChI is InChI=1S/C23H25NO6/c1-15-6-8-16(9-7-15)21(26)19-20(17-4-3-5-18(14-17)29-2)24(23(28)22(19)27)10-12-30-13-11-25/h3-9,14,20,25-26H,10-13H2,1-2H3/b21-19+. The van der Waals surface area contributed by atoms with Gasteiger partial charge in [-0.1, -0.05) is 42.0 Å². The third-order valence-electron chi connectivity index (χ3n) is 4.99. The molecule has 2 aromatic rings. The lowest BCUT2D eigenvalue weighted by Crippen LogP contribution is -2.33. The molecule has 0 aromatic heterocycles. The van der Waals surface area contributed by atoms with Crippen molar-refractivity contribution >= 4 is 17.4 Å². The summed E-state index contributed by atoms with van der Waals surface area (Å²) in [6.07, 6.45) is 0. The van der Waals surface area contributed by atoms with Crippen molar-refractivity contribution in [2.75, 3.05) is 33.5 Å². The Morgan fingerprint density at radius 3 is 2.50 bits per heavy atom. The Bertz CT molecular complexity index is 950. The van der Waals surface area contributed by atoms with Crippen molar-refractivity contribution in [1.29, 1.82) is 0 Å². The molecule has 0 bridgehead atoms. The second kappa shape index (κ2) is 9.56.